The molecule has 0 atom stereocenters. The van der Waals surface area contributed by atoms with Gasteiger partial charge in [-0.25, -0.2) is 9.59 Å². The second-order valence-corrected chi connectivity index (χ2v) is 6.99. The molecule has 0 N–H and O–H groups in total. The quantitative estimate of drug-likeness (QED) is 0.501. The molecule has 0 aromatic heterocycles. The number of hydrogen-bond donors (Lipinski definition) is 0. The van der Waals surface area contributed by atoms with Crippen molar-refractivity contribution in [2.75, 3.05) is 32.5 Å². The first-order chi connectivity index (χ1) is 14.0. The molecule has 0 spiro atoms. The molecule has 150 valence electrons. The van der Waals surface area contributed by atoms with E-state index in [1.807, 2.05) is 6.07 Å². The van der Waals surface area contributed by atoms with Crippen molar-refractivity contribution in [3.05, 3.63) is 75.4 Å². The molecular formula is C21H18BrNO6. The van der Waals surface area contributed by atoms with Crippen LogP contribution in [0.25, 0.3) is 0 Å². The van der Waals surface area contributed by atoms with E-state index in [2.05, 4.69) is 15.9 Å². The van der Waals surface area contributed by atoms with Crippen molar-refractivity contribution in [2.24, 2.45) is 0 Å². The summed E-state index contributed by atoms with van der Waals surface area (Å²) >= 11 is 3.39. The van der Waals surface area contributed by atoms with Gasteiger partial charge >= 0.3 is 11.9 Å². The lowest BCUT2D eigenvalue weighted by Gasteiger charge is -2.32. The zero-order valence-electron chi connectivity index (χ0n) is 15.8. The number of rotatable bonds is 5. The Hall–Kier alpha value is -2.97. The summed E-state index contributed by atoms with van der Waals surface area (Å²) < 4.78 is 15.9. The first kappa shape index (κ1) is 20.8. The number of methoxy groups -OCH3 is 2. The Bertz CT molecular complexity index is 986. The molecule has 2 aromatic carbocycles. The second kappa shape index (κ2) is 9.02. The first-order valence-electron chi connectivity index (χ1n) is 8.62. The molecule has 2 aromatic rings. The molecule has 29 heavy (non-hydrogen) atoms. The fourth-order valence-corrected chi connectivity index (χ4v) is 3.37. The Morgan fingerprint density at radius 1 is 1.00 bits per heavy atom. The number of carbonyl (C=O) groups is 3. The van der Waals surface area contributed by atoms with Gasteiger partial charge in [0.25, 0.3) is 0 Å². The minimum atomic E-state index is -0.727. The monoisotopic (exact) mass is 459 g/mol. The summed E-state index contributed by atoms with van der Waals surface area (Å²) in [6, 6.07) is 13.8. The highest BCUT2D eigenvalue weighted by Gasteiger charge is 2.34. The highest BCUT2D eigenvalue weighted by molar-refractivity contribution is 9.10. The molecule has 1 aliphatic heterocycles. The topological polar surface area (TPSA) is 82.1 Å². The summed E-state index contributed by atoms with van der Waals surface area (Å²) in [5.41, 5.74) is 1.23. The third-order valence-corrected chi connectivity index (χ3v) is 4.86. The van der Waals surface area contributed by atoms with Gasteiger partial charge in [-0.1, -0.05) is 46.3 Å². The van der Waals surface area contributed by atoms with E-state index in [-0.39, 0.29) is 30.4 Å². The number of ether oxygens (including phenoxy) is 3. The van der Waals surface area contributed by atoms with Gasteiger partial charge in [0.15, 0.2) is 5.78 Å². The van der Waals surface area contributed by atoms with Crippen LogP contribution in [0.4, 0.5) is 5.69 Å². The predicted molar refractivity (Wildman–Crippen MR) is 108 cm³/mol. The Morgan fingerprint density at radius 2 is 1.69 bits per heavy atom. The smallest absolute Gasteiger partial charge is 0.355 e. The van der Waals surface area contributed by atoms with Crippen LogP contribution < -0.4 is 4.90 Å². The minimum Gasteiger partial charge on any atom is -0.466 e. The van der Waals surface area contributed by atoms with E-state index >= 15 is 0 Å². The number of anilines is 1. The SMILES string of the molecule is COC(=O)C1=C(C(=O)OC)N(c2ccc(Br)cc2C(=O)c2ccccc2)COC1. The molecule has 7 nitrogen and oxygen atoms in total. The maximum Gasteiger partial charge on any atom is 0.355 e. The van der Waals surface area contributed by atoms with Crippen LogP contribution in [0.1, 0.15) is 15.9 Å². The molecule has 0 fully saturated rings. The van der Waals surface area contributed by atoms with Crippen molar-refractivity contribution in [3.63, 3.8) is 0 Å². The van der Waals surface area contributed by atoms with Gasteiger partial charge in [-0.05, 0) is 18.2 Å². The van der Waals surface area contributed by atoms with Crippen LogP contribution in [0.15, 0.2) is 64.3 Å². The Balaban J connectivity index is 2.17. The predicted octanol–water partition coefficient (Wildman–Crippen LogP) is 3.07. The molecule has 3 rings (SSSR count). The van der Waals surface area contributed by atoms with E-state index < -0.39 is 11.9 Å². The summed E-state index contributed by atoms with van der Waals surface area (Å²) in [5.74, 6) is -1.67. The highest BCUT2D eigenvalue weighted by Crippen LogP contribution is 2.32. The van der Waals surface area contributed by atoms with E-state index in [4.69, 9.17) is 14.2 Å². The van der Waals surface area contributed by atoms with Crippen molar-refractivity contribution in [3.8, 4) is 0 Å². The molecule has 0 unspecified atom stereocenters. The van der Waals surface area contributed by atoms with E-state index in [9.17, 15) is 14.4 Å². The van der Waals surface area contributed by atoms with Gasteiger partial charge in [0.05, 0.1) is 32.1 Å². The fourth-order valence-electron chi connectivity index (χ4n) is 3.00. The van der Waals surface area contributed by atoms with Crippen LogP contribution >= 0.6 is 15.9 Å². The maximum atomic E-state index is 13.2. The number of hydrogen-bond acceptors (Lipinski definition) is 7. The van der Waals surface area contributed by atoms with E-state index in [0.717, 1.165) is 0 Å². The summed E-state index contributed by atoms with van der Waals surface area (Å²) in [4.78, 5) is 39.3. The van der Waals surface area contributed by atoms with E-state index in [0.29, 0.717) is 21.3 Å². The average molecular weight is 460 g/mol. The molecule has 8 heteroatoms. The maximum absolute atomic E-state index is 13.2. The number of benzene rings is 2. The van der Waals surface area contributed by atoms with Gasteiger partial charge in [0.2, 0.25) is 0 Å². The summed E-state index contributed by atoms with van der Waals surface area (Å²) in [5, 5.41) is 0. The standard InChI is InChI=1S/C21H18BrNO6/c1-27-20(25)16-11-29-12-23(18(16)21(26)28-2)17-9-8-14(22)10-15(17)19(24)13-6-4-3-5-7-13/h3-10H,11-12H2,1-2H3. The van der Waals surface area contributed by atoms with Gasteiger partial charge in [-0.2, -0.15) is 0 Å². The molecule has 0 saturated heterocycles. The van der Waals surface area contributed by atoms with Crippen molar-refractivity contribution in [1.29, 1.82) is 0 Å². The number of carbonyl (C=O) groups excluding carboxylic acids is 3. The van der Waals surface area contributed by atoms with Gasteiger partial charge in [0, 0.05) is 15.6 Å². The Morgan fingerprint density at radius 3 is 2.34 bits per heavy atom. The Kier molecular flexibility index (Phi) is 6.46. The Labute approximate surface area is 176 Å². The van der Waals surface area contributed by atoms with Crippen LogP contribution in [-0.2, 0) is 23.8 Å². The lowest BCUT2D eigenvalue weighted by atomic mass is 10.00. The molecule has 0 saturated carbocycles. The summed E-state index contributed by atoms with van der Waals surface area (Å²) in [6.45, 7) is -0.145. The average Bonchev–Trinajstić information content (AvgIpc) is 2.77. The first-order valence-corrected chi connectivity index (χ1v) is 9.41. The molecule has 1 heterocycles. The molecule has 0 aliphatic carbocycles. The highest BCUT2D eigenvalue weighted by atomic mass is 79.9. The van der Waals surface area contributed by atoms with Gasteiger partial charge in [-0.3, -0.25) is 4.79 Å². The molecular weight excluding hydrogens is 442 g/mol. The van der Waals surface area contributed by atoms with E-state index in [1.165, 1.54) is 19.1 Å². The molecule has 0 amide bonds. The zero-order valence-corrected chi connectivity index (χ0v) is 17.4. The van der Waals surface area contributed by atoms with E-state index in [1.54, 1.807) is 42.5 Å². The third-order valence-electron chi connectivity index (χ3n) is 4.36. The van der Waals surface area contributed by atoms with Crippen molar-refractivity contribution in [1.82, 2.24) is 0 Å². The molecule has 0 bridgehead atoms. The summed E-state index contributed by atoms with van der Waals surface area (Å²) in [7, 11) is 2.43. The third kappa shape index (κ3) is 4.23. The van der Waals surface area contributed by atoms with Crippen LogP contribution in [-0.4, -0.2) is 45.3 Å². The largest absolute Gasteiger partial charge is 0.466 e. The molecule has 1 aliphatic rings. The van der Waals surface area contributed by atoms with Gasteiger partial charge in [0.1, 0.15) is 12.4 Å². The number of halogens is 1. The minimum absolute atomic E-state index is 0.0185. The number of nitrogens with zero attached hydrogens (tertiary/aromatic N) is 1. The van der Waals surface area contributed by atoms with Crippen LogP contribution in [0.3, 0.4) is 0 Å². The number of ketones is 1. The zero-order chi connectivity index (χ0) is 21.0. The summed E-state index contributed by atoms with van der Waals surface area (Å²) in [6.07, 6.45) is 0. The van der Waals surface area contributed by atoms with Crippen molar-refractivity contribution < 1.29 is 28.6 Å². The van der Waals surface area contributed by atoms with Crippen LogP contribution in [0.5, 0.6) is 0 Å². The number of esters is 2. The van der Waals surface area contributed by atoms with Crippen LogP contribution in [0.2, 0.25) is 0 Å². The van der Waals surface area contributed by atoms with Gasteiger partial charge in [-0.15, -0.1) is 0 Å². The van der Waals surface area contributed by atoms with Crippen molar-refractivity contribution >= 4 is 39.3 Å². The second-order valence-electron chi connectivity index (χ2n) is 6.07. The van der Waals surface area contributed by atoms with Crippen molar-refractivity contribution in [2.45, 2.75) is 0 Å². The normalized spacial score (nSPS) is 13.8. The van der Waals surface area contributed by atoms with Crippen LogP contribution in [0, 0.1) is 0 Å². The lowest BCUT2D eigenvalue weighted by molar-refractivity contribution is -0.140. The fraction of sp³-hybridized carbons (Fsp3) is 0.190. The van der Waals surface area contributed by atoms with Gasteiger partial charge < -0.3 is 19.1 Å². The lowest BCUT2D eigenvalue weighted by Crippen LogP contribution is -2.39. The molecule has 0 radical (unpaired) electrons.